The van der Waals surface area contributed by atoms with E-state index >= 15 is 0 Å². The number of hydrogen-bond donors (Lipinski definition) is 0. The summed E-state index contributed by atoms with van der Waals surface area (Å²) in [6.07, 6.45) is 4.67. The minimum absolute atomic E-state index is 1.27. The molecule has 0 spiro atoms. The van der Waals surface area contributed by atoms with Gasteiger partial charge in [0.15, 0.2) is 0 Å². The number of benzene rings is 3. The third kappa shape index (κ3) is 4.16. The van der Waals surface area contributed by atoms with E-state index in [2.05, 4.69) is 91.7 Å². The predicted molar refractivity (Wildman–Crippen MR) is 112 cm³/mol. The molecule has 2 aliphatic rings. The van der Waals surface area contributed by atoms with Gasteiger partial charge in [-0.25, -0.2) is 0 Å². The van der Waals surface area contributed by atoms with E-state index in [0.29, 0.717) is 0 Å². The summed E-state index contributed by atoms with van der Waals surface area (Å²) in [5, 5.41) is 0. The number of hydrogen-bond acceptors (Lipinski definition) is 0. The summed E-state index contributed by atoms with van der Waals surface area (Å²) in [4.78, 5) is 0. The Bertz CT molecular complexity index is 854. The van der Waals surface area contributed by atoms with Gasteiger partial charge in [0.1, 0.15) is 0 Å². The van der Waals surface area contributed by atoms with Crippen LogP contribution in [0.15, 0.2) is 78.9 Å². The SMILES string of the molecule is [CH]1[C](c2ccccc2)[CH][C]2[C]1c1ccccc1-c1ccccc12.[Cl][Ti+]([Cl])[Cl]. The summed E-state index contributed by atoms with van der Waals surface area (Å²) in [6.45, 7) is 0. The molecule has 0 amide bonds. The molecule has 5 rings (SSSR count). The van der Waals surface area contributed by atoms with Crippen molar-refractivity contribution in [2.24, 2.45) is 0 Å². The van der Waals surface area contributed by atoms with Crippen molar-refractivity contribution in [2.75, 3.05) is 0 Å². The molecule has 131 valence electrons. The van der Waals surface area contributed by atoms with Crippen molar-refractivity contribution < 1.29 is 14.7 Å². The van der Waals surface area contributed by atoms with Crippen LogP contribution in [0.5, 0.6) is 0 Å². The van der Waals surface area contributed by atoms with Gasteiger partial charge in [0, 0.05) is 17.8 Å². The van der Waals surface area contributed by atoms with Crippen molar-refractivity contribution in [3.63, 3.8) is 0 Å². The van der Waals surface area contributed by atoms with Gasteiger partial charge >= 0.3 is 42.6 Å². The molecular weight excluding hydrogens is 430 g/mol. The van der Waals surface area contributed by atoms with Crippen molar-refractivity contribution in [3.05, 3.63) is 126 Å². The molecule has 2 aliphatic carbocycles. The fourth-order valence-corrected chi connectivity index (χ4v) is 3.66. The Morgan fingerprint density at radius 2 is 0.852 bits per heavy atom. The van der Waals surface area contributed by atoms with E-state index in [9.17, 15) is 0 Å². The maximum absolute atomic E-state index is 4.97. The van der Waals surface area contributed by atoms with Gasteiger partial charge in [-0.1, -0.05) is 78.9 Å². The average molecular weight is 446 g/mol. The Morgan fingerprint density at radius 3 is 1.30 bits per heavy atom. The fraction of sp³-hybridized carbons (Fsp3) is 0. The van der Waals surface area contributed by atoms with Gasteiger partial charge < -0.3 is 0 Å². The number of rotatable bonds is 1. The van der Waals surface area contributed by atoms with Gasteiger partial charge in [-0.3, -0.25) is 0 Å². The van der Waals surface area contributed by atoms with Crippen molar-refractivity contribution in [3.8, 4) is 11.1 Å². The van der Waals surface area contributed by atoms with Crippen molar-refractivity contribution in [1.29, 1.82) is 0 Å². The molecule has 1 saturated carbocycles. The van der Waals surface area contributed by atoms with E-state index in [4.69, 9.17) is 27.9 Å². The van der Waals surface area contributed by atoms with E-state index in [0.717, 1.165) is 0 Å². The Morgan fingerprint density at radius 1 is 0.481 bits per heavy atom. The molecular formula is C23H15Cl3Ti+. The standard InChI is InChI=1S/C23H15.3ClH.Ti/c1-2-8-16(9-3-1)17-14-22-20-12-6-4-10-18(20)19-11-5-7-13-21(19)23(22)15-17;;;;/h1-15H;3*1H;/q;;;;+4/p-3. The summed E-state index contributed by atoms with van der Waals surface area (Å²) >= 11 is -1.92. The second-order valence-electron chi connectivity index (χ2n) is 6.24. The number of fused-ring (bicyclic) bond motifs is 6. The van der Waals surface area contributed by atoms with Crippen LogP contribution in [-0.4, -0.2) is 0 Å². The zero-order chi connectivity index (χ0) is 18.8. The molecule has 27 heavy (non-hydrogen) atoms. The first-order valence-electron chi connectivity index (χ1n) is 8.54. The molecule has 0 unspecified atom stereocenters. The van der Waals surface area contributed by atoms with Crippen LogP contribution in [0.4, 0.5) is 0 Å². The van der Waals surface area contributed by atoms with Crippen LogP contribution in [0.1, 0.15) is 16.7 Å². The van der Waals surface area contributed by atoms with Gasteiger partial charge in [0.25, 0.3) is 0 Å². The molecule has 0 N–H and O–H groups in total. The predicted octanol–water partition coefficient (Wildman–Crippen LogP) is 7.32. The summed E-state index contributed by atoms with van der Waals surface area (Å²) in [7, 11) is 14.9. The van der Waals surface area contributed by atoms with Crippen LogP contribution in [0.2, 0.25) is 0 Å². The zero-order valence-corrected chi connectivity index (χ0v) is 18.1. The van der Waals surface area contributed by atoms with Crippen LogP contribution in [0, 0.1) is 30.6 Å². The topological polar surface area (TPSA) is 0 Å². The molecule has 0 atom stereocenters. The quantitative estimate of drug-likeness (QED) is 0.344. The normalized spacial score (nSPS) is 16.0. The van der Waals surface area contributed by atoms with Crippen molar-refractivity contribution >= 4 is 27.9 Å². The molecule has 4 heteroatoms. The average Bonchev–Trinajstić information content (AvgIpc) is 3.14. The molecule has 1 fully saturated rings. The Balaban J connectivity index is 0.000000413. The third-order valence-corrected chi connectivity index (χ3v) is 4.72. The Kier molecular flexibility index (Phi) is 6.32. The minimum atomic E-state index is -1.92. The molecule has 0 bridgehead atoms. The summed E-state index contributed by atoms with van der Waals surface area (Å²) in [5.41, 5.74) is 6.62. The van der Waals surface area contributed by atoms with Crippen LogP contribution >= 0.6 is 27.9 Å². The van der Waals surface area contributed by atoms with E-state index in [1.165, 1.54) is 45.6 Å². The van der Waals surface area contributed by atoms with Gasteiger partial charge in [-0.05, 0) is 40.7 Å². The molecule has 0 saturated heterocycles. The second-order valence-corrected chi connectivity index (χ2v) is 14.0. The third-order valence-electron chi connectivity index (χ3n) is 4.72. The molecule has 0 nitrogen and oxygen atoms in total. The van der Waals surface area contributed by atoms with Crippen LogP contribution in [-0.2, 0) is 14.7 Å². The van der Waals surface area contributed by atoms with Gasteiger partial charge in [-0.2, -0.15) is 0 Å². The second kappa shape index (κ2) is 8.72. The Labute approximate surface area is 178 Å². The summed E-state index contributed by atoms with van der Waals surface area (Å²) in [6, 6.07) is 28.1. The molecule has 5 radical (unpaired) electrons. The first kappa shape index (κ1) is 19.6. The van der Waals surface area contributed by atoms with E-state index in [1.54, 1.807) is 0 Å². The van der Waals surface area contributed by atoms with Crippen LogP contribution in [0.25, 0.3) is 11.1 Å². The first-order chi connectivity index (χ1) is 13.1. The monoisotopic (exact) mass is 444 g/mol. The van der Waals surface area contributed by atoms with Crippen LogP contribution < -0.4 is 0 Å². The van der Waals surface area contributed by atoms with Crippen LogP contribution in [0.3, 0.4) is 0 Å². The molecule has 0 aliphatic heterocycles. The molecule has 3 aromatic rings. The van der Waals surface area contributed by atoms with E-state index < -0.39 is 14.7 Å². The number of halogens is 3. The van der Waals surface area contributed by atoms with Crippen molar-refractivity contribution in [1.82, 2.24) is 0 Å². The summed E-state index contributed by atoms with van der Waals surface area (Å²) < 4.78 is 0. The van der Waals surface area contributed by atoms with Gasteiger partial charge in [0.05, 0.1) is 0 Å². The van der Waals surface area contributed by atoms with E-state index in [-0.39, 0.29) is 0 Å². The maximum atomic E-state index is 4.97. The molecule has 0 aromatic heterocycles. The summed E-state index contributed by atoms with van der Waals surface area (Å²) in [5.74, 6) is 3.98. The molecule has 0 heterocycles. The molecule has 3 aromatic carbocycles. The van der Waals surface area contributed by atoms with Gasteiger partial charge in [0.2, 0.25) is 0 Å². The first-order valence-corrected chi connectivity index (χ1v) is 15.0. The van der Waals surface area contributed by atoms with Gasteiger partial charge in [-0.15, -0.1) is 0 Å². The fourth-order valence-electron chi connectivity index (χ4n) is 3.66. The zero-order valence-electron chi connectivity index (χ0n) is 14.3. The van der Waals surface area contributed by atoms with Crippen molar-refractivity contribution in [2.45, 2.75) is 0 Å². The van der Waals surface area contributed by atoms with E-state index in [1.807, 2.05) is 0 Å². The Hall–Kier alpha value is -0.756.